The van der Waals surface area contributed by atoms with E-state index in [1.54, 1.807) is 36.4 Å². The van der Waals surface area contributed by atoms with Crippen molar-refractivity contribution in [3.05, 3.63) is 59.4 Å². The topological polar surface area (TPSA) is 55.4 Å². The van der Waals surface area contributed by atoms with Crippen molar-refractivity contribution in [2.24, 2.45) is 0 Å². The second-order valence-corrected chi connectivity index (χ2v) is 6.79. The van der Waals surface area contributed by atoms with Crippen LogP contribution in [0.1, 0.15) is 13.3 Å². The molecule has 0 saturated heterocycles. The highest BCUT2D eigenvalue weighted by Gasteiger charge is 2.17. The van der Waals surface area contributed by atoms with Crippen molar-refractivity contribution in [3.63, 3.8) is 0 Å². The molecule has 0 heterocycles. The molecule has 0 unspecified atom stereocenters. The monoisotopic (exact) mass is 381 g/mol. The van der Waals surface area contributed by atoms with Crippen LogP contribution < -0.4 is 5.32 Å². The van der Waals surface area contributed by atoms with Gasteiger partial charge in [0, 0.05) is 21.4 Å². The second kappa shape index (κ2) is 9.44. The number of rotatable bonds is 7. The molecular weight excluding hydrogens is 365 g/mol. The Hall–Kier alpha value is -2.05. The van der Waals surface area contributed by atoms with Crippen LogP contribution in [0.3, 0.4) is 0 Å². The minimum atomic E-state index is -0.915. The van der Waals surface area contributed by atoms with E-state index in [0.717, 1.165) is 4.90 Å². The molecular formula is C18H17ClFNO3S. The summed E-state index contributed by atoms with van der Waals surface area (Å²) in [7, 11) is 0. The summed E-state index contributed by atoms with van der Waals surface area (Å²) in [6.07, 6.45) is -0.765. The number of nitrogens with one attached hydrogen (secondary N) is 1. The van der Waals surface area contributed by atoms with Crippen LogP contribution in [0.15, 0.2) is 53.4 Å². The standard InChI is InChI=1S/C18H17ClFNO3S/c1-12(18(23)21-15-4-2-3-13(19)11-15)24-17(22)9-10-25-16-7-5-14(20)6-8-16/h2-8,11-12H,9-10H2,1H3,(H,21,23)/t12-/m1/s1. The normalized spacial score (nSPS) is 11.6. The van der Waals surface area contributed by atoms with Gasteiger partial charge in [-0.25, -0.2) is 4.39 Å². The fourth-order valence-electron chi connectivity index (χ4n) is 1.90. The first-order chi connectivity index (χ1) is 11.9. The zero-order chi connectivity index (χ0) is 18.2. The average Bonchev–Trinajstić information content (AvgIpc) is 2.56. The zero-order valence-electron chi connectivity index (χ0n) is 13.5. The quantitative estimate of drug-likeness (QED) is 0.565. The molecule has 132 valence electrons. The summed E-state index contributed by atoms with van der Waals surface area (Å²) in [4.78, 5) is 24.7. The van der Waals surface area contributed by atoms with Gasteiger partial charge in [0.15, 0.2) is 6.10 Å². The van der Waals surface area contributed by atoms with Crippen LogP contribution in [-0.4, -0.2) is 23.7 Å². The van der Waals surface area contributed by atoms with E-state index in [2.05, 4.69) is 5.32 Å². The van der Waals surface area contributed by atoms with Crippen molar-refractivity contribution >= 4 is 40.9 Å². The van der Waals surface area contributed by atoms with E-state index in [-0.39, 0.29) is 12.2 Å². The fourth-order valence-corrected chi connectivity index (χ4v) is 2.93. The average molecular weight is 382 g/mol. The SMILES string of the molecule is C[C@@H](OC(=O)CCSc1ccc(F)cc1)C(=O)Nc1cccc(Cl)c1. The van der Waals surface area contributed by atoms with Gasteiger partial charge < -0.3 is 10.1 Å². The van der Waals surface area contributed by atoms with Crippen LogP contribution in [0.2, 0.25) is 5.02 Å². The molecule has 0 saturated carbocycles. The predicted molar refractivity (Wildman–Crippen MR) is 97.4 cm³/mol. The molecule has 1 atom stereocenters. The number of hydrogen-bond donors (Lipinski definition) is 1. The van der Waals surface area contributed by atoms with Gasteiger partial charge in [-0.1, -0.05) is 17.7 Å². The molecule has 1 amide bonds. The maximum Gasteiger partial charge on any atom is 0.307 e. The predicted octanol–water partition coefficient (Wildman–Crippen LogP) is 4.53. The third-order valence-corrected chi connectivity index (χ3v) is 4.41. The van der Waals surface area contributed by atoms with Gasteiger partial charge in [-0.15, -0.1) is 11.8 Å². The molecule has 0 bridgehead atoms. The summed E-state index contributed by atoms with van der Waals surface area (Å²) in [5, 5.41) is 3.13. The van der Waals surface area contributed by atoms with Gasteiger partial charge in [-0.3, -0.25) is 9.59 Å². The second-order valence-electron chi connectivity index (χ2n) is 5.18. The number of amides is 1. The van der Waals surface area contributed by atoms with E-state index in [0.29, 0.717) is 16.5 Å². The van der Waals surface area contributed by atoms with Crippen LogP contribution in [0, 0.1) is 5.82 Å². The molecule has 0 aromatic heterocycles. The third-order valence-electron chi connectivity index (χ3n) is 3.16. The van der Waals surface area contributed by atoms with Gasteiger partial charge >= 0.3 is 5.97 Å². The molecule has 25 heavy (non-hydrogen) atoms. The van der Waals surface area contributed by atoms with Crippen LogP contribution in [0.25, 0.3) is 0 Å². The Kier molecular flexibility index (Phi) is 7.28. The highest BCUT2D eigenvalue weighted by Crippen LogP contribution is 2.19. The van der Waals surface area contributed by atoms with Gasteiger partial charge in [0.05, 0.1) is 6.42 Å². The van der Waals surface area contributed by atoms with Crippen molar-refractivity contribution in [2.45, 2.75) is 24.3 Å². The first-order valence-corrected chi connectivity index (χ1v) is 8.94. The number of hydrogen-bond acceptors (Lipinski definition) is 4. The lowest BCUT2D eigenvalue weighted by Gasteiger charge is -2.13. The lowest BCUT2D eigenvalue weighted by atomic mass is 10.3. The van der Waals surface area contributed by atoms with Crippen LogP contribution >= 0.6 is 23.4 Å². The Morgan fingerprint density at radius 3 is 2.64 bits per heavy atom. The van der Waals surface area contributed by atoms with Crippen molar-refractivity contribution in [1.29, 1.82) is 0 Å². The van der Waals surface area contributed by atoms with Crippen molar-refractivity contribution in [2.75, 3.05) is 11.1 Å². The molecule has 0 aliphatic heterocycles. The maximum absolute atomic E-state index is 12.8. The largest absolute Gasteiger partial charge is 0.453 e. The van der Waals surface area contributed by atoms with Gasteiger partial charge in [-0.2, -0.15) is 0 Å². The summed E-state index contributed by atoms with van der Waals surface area (Å²) in [6.45, 7) is 1.50. The molecule has 0 aliphatic carbocycles. The molecule has 0 aliphatic rings. The molecule has 7 heteroatoms. The smallest absolute Gasteiger partial charge is 0.307 e. The lowest BCUT2D eigenvalue weighted by Crippen LogP contribution is -2.30. The Morgan fingerprint density at radius 2 is 1.96 bits per heavy atom. The third kappa shape index (κ3) is 6.76. The van der Waals surface area contributed by atoms with Gasteiger partial charge in [0.1, 0.15) is 5.82 Å². The van der Waals surface area contributed by atoms with Crippen molar-refractivity contribution < 1.29 is 18.7 Å². The molecule has 0 radical (unpaired) electrons. The first kappa shape index (κ1) is 19.3. The number of esters is 1. The molecule has 2 rings (SSSR count). The minimum absolute atomic E-state index is 0.150. The van der Waals surface area contributed by atoms with E-state index in [1.807, 2.05) is 0 Å². The fraction of sp³-hybridized carbons (Fsp3) is 0.222. The minimum Gasteiger partial charge on any atom is -0.453 e. The number of ether oxygens (including phenoxy) is 1. The summed E-state index contributed by atoms with van der Waals surface area (Å²) in [6, 6.07) is 12.7. The summed E-state index contributed by atoms with van der Waals surface area (Å²) in [5.41, 5.74) is 0.535. The number of benzene rings is 2. The number of thioether (sulfide) groups is 1. The Labute approximate surface area is 154 Å². The molecule has 0 spiro atoms. The Balaban J connectivity index is 1.73. The Morgan fingerprint density at radius 1 is 1.24 bits per heavy atom. The molecule has 0 fully saturated rings. The molecule has 2 aromatic carbocycles. The highest BCUT2D eigenvalue weighted by atomic mass is 35.5. The summed E-state index contributed by atoms with van der Waals surface area (Å²) < 4.78 is 17.9. The Bertz CT molecular complexity index is 739. The van der Waals surface area contributed by atoms with E-state index < -0.39 is 18.0 Å². The highest BCUT2D eigenvalue weighted by molar-refractivity contribution is 7.99. The van der Waals surface area contributed by atoms with E-state index in [9.17, 15) is 14.0 Å². The number of carbonyl (C=O) groups excluding carboxylic acids is 2. The van der Waals surface area contributed by atoms with E-state index >= 15 is 0 Å². The molecule has 2 aromatic rings. The maximum atomic E-state index is 12.8. The first-order valence-electron chi connectivity index (χ1n) is 7.58. The van der Waals surface area contributed by atoms with Crippen molar-refractivity contribution in [1.82, 2.24) is 0 Å². The molecule has 4 nitrogen and oxygen atoms in total. The van der Waals surface area contributed by atoms with Gasteiger partial charge in [0.25, 0.3) is 5.91 Å². The summed E-state index contributed by atoms with van der Waals surface area (Å²) >= 11 is 7.26. The number of carbonyl (C=O) groups is 2. The molecule has 1 N–H and O–H groups in total. The number of halogens is 2. The van der Waals surface area contributed by atoms with E-state index in [1.165, 1.54) is 30.8 Å². The van der Waals surface area contributed by atoms with Gasteiger partial charge in [-0.05, 0) is 49.4 Å². The van der Waals surface area contributed by atoms with E-state index in [4.69, 9.17) is 16.3 Å². The van der Waals surface area contributed by atoms with Crippen LogP contribution in [-0.2, 0) is 14.3 Å². The van der Waals surface area contributed by atoms with Crippen molar-refractivity contribution in [3.8, 4) is 0 Å². The summed E-state index contributed by atoms with van der Waals surface area (Å²) in [5.74, 6) is -0.721. The van der Waals surface area contributed by atoms with Crippen LogP contribution in [0.5, 0.6) is 0 Å². The lowest BCUT2D eigenvalue weighted by molar-refractivity contribution is -0.152. The zero-order valence-corrected chi connectivity index (χ0v) is 15.1. The van der Waals surface area contributed by atoms with Crippen LogP contribution in [0.4, 0.5) is 10.1 Å². The number of anilines is 1. The van der Waals surface area contributed by atoms with Gasteiger partial charge in [0.2, 0.25) is 0 Å².